The van der Waals surface area contributed by atoms with Crippen molar-refractivity contribution in [2.75, 3.05) is 13.1 Å². The smallest absolute Gasteiger partial charge is 0.346 e. The van der Waals surface area contributed by atoms with E-state index in [-0.39, 0.29) is 31.2 Å². The maximum atomic E-state index is 13.2. The first-order valence-electron chi connectivity index (χ1n) is 8.24. The molecule has 1 aromatic carbocycles. The molecular weight excluding hydrogens is 335 g/mol. The van der Waals surface area contributed by atoms with Crippen LogP contribution in [0.1, 0.15) is 36.8 Å². The summed E-state index contributed by atoms with van der Waals surface area (Å²) in [6, 6.07) is 5.15. The van der Waals surface area contributed by atoms with Crippen molar-refractivity contribution in [3.05, 3.63) is 35.4 Å². The second kappa shape index (κ2) is 8.33. The minimum Gasteiger partial charge on any atom is -0.346 e. The van der Waals surface area contributed by atoms with Crippen LogP contribution < -0.4 is 11.1 Å². The predicted molar refractivity (Wildman–Crippen MR) is 86.3 cm³/mol. The Morgan fingerprint density at radius 3 is 2.44 bits per heavy atom. The van der Waals surface area contributed by atoms with Crippen LogP contribution in [0, 0.1) is 0 Å². The van der Waals surface area contributed by atoms with Gasteiger partial charge in [0.2, 0.25) is 11.8 Å². The molecule has 0 saturated heterocycles. The van der Waals surface area contributed by atoms with Crippen LogP contribution in [0.25, 0.3) is 0 Å². The van der Waals surface area contributed by atoms with Crippen LogP contribution in [0.5, 0.6) is 0 Å². The minimum atomic E-state index is -4.48. The lowest BCUT2D eigenvalue weighted by Gasteiger charge is -2.30. The molecule has 0 radical (unpaired) electrons. The highest BCUT2D eigenvalue weighted by Gasteiger charge is 2.35. The molecule has 0 atom stereocenters. The largest absolute Gasteiger partial charge is 0.416 e. The van der Waals surface area contributed by atoms with Gasteiger partial charge in [0.25, 0.3) is 0 Å². The number of nitrogens with one attached hydrogen (secondary N) is 1. The first kappa shape index (κ1) is 19.2. The SMILES string of the molecule is NCC(=O)NCC(=O)N(Cc1ccccc1C(F)(F)F)C1CCCC1. The maximum absolute atomic E-state index is 13.2. The van der Waals surface area contributed by atoms with Crippen LogP contribution in [-0.2, 0) is 22.3 Å². The van der Waals surface area contributed by atoms with Gasteiger partial charge in [0.15, 0.2) is 0 Å². The zero-order valence-electron chi connectivity index (χ0n) is 13.8. The zero-order chi connectivity index (χ0) is 18.4. The molecule has 8 heteroatoms. The summed E-state index contributed by atoms with van der Waals surface area (Å²) in [4.78, 5) is 25.2. The van der Waals surface area contributed by atoms with Gasteiger partial charge in [0.05, 0.1) is 18.7 Å². The normalized spacial score (nSPS) is 15.2. The van der Waals surface area contributed by atoms with Crippen LogP contribution in [0.2, 0.25) is 0 Å². The Morgan fingerprint density at radius 2 is 1.84 bits per heavy atom. The Bertz CT molecular complexity index is 613. The third-order valence-electron chi connectivity index (χ3n) is 4.37. The van der Waals surface area contributed by atoms with Crippen LogP contribution in [0.4, 0.5) is 13.2 Å². The van der Waals surface area contributed by atoms with Gasteiger partial charge in [-0.15, -0.1) is 0 Å². The third kappa shape index (κ3) is 5.19. The van der Waals surface area contributed by atoms with E-state index in [9.17, 15) is 22.8 Å². The average Bonchev–Trinajstić information content (AvgIpc) is 3.10. The molecule has 138 valence electrons. The van der Waals surface area contributed by atoms with Gasteiger partial charge in [0, 0.05) is 12.6 Å². The molecule has 2 amide bonds. The summed E-state index contributed by atoms with van der Waals surface area (Å²) < 4.78 is 39.6. The summed E-state index contributed by atoms with van der Waals surface area (Å²) >= 11 is 0. The van der Waals surface area contributed by atoms with Gasteiger partial charge >= 0.3 is 6.18 Å². The molecule has 0 bridgehead atoms. The molecular formula is C17H22F3N3O2. The molecule has 2 rings (SSSR count). The Balaban J connectivity index is 2.19. The number of nitrogens with two attached hydrogens (primary N) is 1. The summed E-state index contributed by atoms with van der Waals surface area (Å²) in [5.41, 5.74) is 4.50. The van der Waals surface area contributed by atoms with Crippen molar-refractivity contribution in [3.63, 3.8) is 0 Å². The second-order valence-corrected chi connectivity index (χ2v) is 6.10. The highest BCUT2D eigenvalue weighted by atomic mass is 19.4. The average molecular weight is 357 g/mol. The van der Waals surface area contributed by atoms with Crippen molar-refractivity contribution in [1.82, 2.24) is 10.2 Å². The third-order valence-corrected chi connectivity index (χ3v) is 4.37. The van der Waals surface area contributed by atoms with E-state index in [0.717, 1.165) is 31.7 Å². The number of carbonyl (C=O) groups excluding carboxylic acids is 2. The van der Waals surface area contributed by atoms with E-state index < -0.39 is 23.6 Å². The molecule has 1 aliphatic carbocycles. The van der Waals surface area contributed by atoms with Crippen LogP contribution >= 0.6 is 0 Å². The first-order chi connectivity index (χ1) is 11.8. The van der Waals surface area contributed by atoms with E-state index in [1.54, 1.807) is 0 Å². The first-order valence-corrected chi connectivity index (χ1v) is 8.24. The van der Waals surface area contributed by atoms with Crippen molar-refractivity contribution < 1.29 is 22.8 Å². The topological polar surface area (TPSA) is 75.4 Å². The number of halogens is 3. The number of benzene rings is 1. The Morgan fingerprint density at radius 1 is 1.20 bits per heavy atom. The molecule has 1 fully saturated rings. The lowest BCUT2D eigenvalue weighted by molar-refractivity contribution is -0.140. The highest BCUT2D eigenvalue weighted by Crippen LogP contribution is 2.33. The molecule has 5 nitrogen and oxygen atoms in total. The molecule has 1 aliphatic rings. The molecule has 1 saturated carbocycles. The lowest BCUT2D eigenvalue weighted by atomic mass is 10.0. The Hall–Kier alpha value is -2.09. The molecule has 0 aliphatic heterocycles. The molecule has 1 aromatic rings. The van der Waals surface area contributed by atoms with Gasteiger partial charge in [-0.05, 0) is 24.5 Å². The lowest BCUT2D eigenvalue weighted by Crippen LogP contribution is -2.45. The number of carbonyl (C=O) groups is 2. The number of nitrogens with zero attached hydrogens (tertiary/aromatic N) is 1. The van der Waals surface area contributed by atoms with Gasteiger partial charge in [0.1, 0.15) is 0 Å². The summed E-state index contributed by atoms with van der Waals surface area (Å²) in [6.45, 7) is -0.633. The Labute approximate surface area is 144 Å². The van der Waals surface area contributed by atoms with E-state index in [1.807, 2.05) is 0 Å². The number of hydrogen-bond donors (Lipinski definition) is 2. The quantitative estimate of drug-likeness (QED) is 0.818. The maximum Gasteiger partial charge on any atom is 0.416 e. The van der Waals surface area contributed by atoms with E-state index in [2.05, 4.69) is 5.32 Å². The zero-order valence-corrected chi connectivity index (χ0v) is 13.8. The molecule has 0 heterocycles. The predicted octanol–water partition coefficient (Wildman–Crippen LogP) is 2.05. The van der Waals surface area contributed by atoms with Crippen LogP contribution in [0.15, 0.2) is 24.3 Å². The summed E-state index contributed by atoms with van der Waals surface area (Å²) in [6.07, 6.45) is -1.10. The minimum absolute atomic E-state index is 0.0559. The van der Waals surface area contributed by atoms with Gasteiger partial charge < -0.3 is 16.0 Å². The molecule has 25 heavy (non-hydrogen) atoms. The van der Waals surface area contributed by atoms with Crippen molar-refractivity contribution >= 4 is 11.8 Å². The van der Waals surface area contributed by atoms with Crippen molar-refractivity contribution in [1.29, 1.82) is 0 Å². The fourth-order valence-electron chi connectivity index (χ4n) is 3.10. The fraction of sp³-hybridized carbons (Fsp3) is 0.529. The van der Waals surface area contributed by atoms with Gasteiger partial charge in [-0.1, -0.05) is 31.0 Å². The molecule has 0 unspecified atom stereocenters. The molecule has 3 N–H and O–H groups in total. The highest BCUT2D eigenvalue weighted by molar-refractivity contribution is 5.85. The monoisotopic (exact) mass is 357 g/mol. The van der Waals surface area contributed by atoms with E-state index in [1.165, 1.54) is 23.1 Å². The van der Waals surface area contributed by atoms with Crippen LogP contribution in [-0.4, -0.2) is 35.8 Å². The van der Waals surface area contributed by atoms with E-state index in [0.29, 0.717) is 0 Å². The van der Waals surface area contributed by atoms with E-state index >= 15 is 0 Å². The summed E-state index contributed by atoms with van der Waals surface area (Å²) in [5, 5.41) is 2.39. The van der Waals surface area contributed by atoms with Gasteiger partial charge in [-0.3, -0.25) is 9.59 Å². The second-order valence-electron chi connectivity index (χ2n) is 6.10. The van der Waals surface area contributed by atoms with Gasteiger partial charge in [-0.25, -0.2) is 0 Å². The van der Waals surface area contributed by atoms with E-state index in [4.69, 9.17) is 5.73 Å². The van der Waals surface area contributed by atoms with Crippen LogP contribution in [0.3, 0.4) is 0 Å². The summed E-state index contributed by atoms with van der Waals surface area (Å²) in [5.74, 6) is -0.874. The number of alkyl halides is 3. The molecule has 0 spiro atoms. The summed E-state index contributed by atoms with van der Waals surface area (Å²) in [7, 11) is 0. The van der Waals surface area contributed by atoms with Crippen molar-refractivity contribution in [2.24, 2.45) is 5.73 Å². The Kier molecular flexibility index (Phi) is 6.41. The number of hydrogen-bond acceptors (Lipinski definition) is 3. The number of amides is 2. The fourth-order valence-corrected chi connectivity index (χ4v) is 3.10. The molecule has 0 aromatic heterocycles. The standard InChI is InChI=1S/C17H22F3N3O2/c18-17(19,20)14-8-4-1-5-12(14)11-23(13-6-2-3-7-13)16(25)10-22-15(24)9-21/h1,4-5,8,13H,2-3,6-7,9-11,21H2,(H,22,24). The number of rotatable bonds is 6. The van der Waals surface area contributed by atoms with Crippen molar-refractivity contribution in [3.8, 4) is 0 Å². The van der Waals surface area contributed by atoms with Crippen molar-refractivity contribution in [2.45, 2.75) is 44.4 Å². The van der Waals surface area contributed by atoms with Gasteiger partial charge in [-0.2, -0.15) is 13.2 Å².